The third-order valence-corrected chi connectivity index (χ3v) is 12.8. The molecule has 9 rings (SSSR count). The molecule has 380 valence electrons. The van der Waals surface area contributed by atoms with Crippen molar-refractivity contribution in [2.75, 3.05) is 6.54 Å². The highest BCUT2D eigenvalue weighted by Gasteiger charge is 2.53. The van der Waals surface area contributed by atoms with Crippen LogP contribution in [0.5, 0.6) is 0 Å². The van der Waals surface area contributed by atoms with Gasteiger partial charge in [0.15, 0.2) is 12.4 Å². The van der Waals surface area contributed by atoms with Crippen LogP contribution >= 0.6 is 0 Å². The summed E-state index contributed by atoms with van der Waals surface area (Å²) in [7, 11) is 0. The molecule has 7 heterocycles. The van der Waals surface area contributed by atoms with E-state index >= 15 is 0 Å². The number of para-hydroxylation sites is 2. The highest BCUT2D eigenvalue weighted by Crippen LogP contribution is 2.57. The van der Waals surface area contributed by atoms with Gasteiger partial charge in [0, 0.05) is 64.9 Å². The average Bonchev–Trinajstić information content (AvgIpc) is 4.12. The molecule has 4 aliphatic rings. The number of piperidine rings is 1. The fourth-order valence-corrected chi connectivity index (χ4v) is 10.8. The largest absolute Gasteiger partial charge is 0.373 e. The van der Waals surface area contributed by atoms with Crippen LogP contribution in [0.2, 0.25) is 0 Å². The minimum Gasteiger partial charge on any atom is -0.371 e. The fourth-order valence-electron chi connectivity index (χ4n) is 10.8. The van der Waals surface area contributed by atoms with Gasteiger partial charge in [0.2, 0.25) is 0 Å². The second-order valence-corrected chi connectivity index (χ2v) is 16.5. The summed E-state index contributed by atoms with van der Waals surface area (Å²) < 4.78 is 6.32. The first kappa shape index (κ1) is 61.5. The summed E-state index contributed by atoms with van der Waals surface area (Å²) in [5, 5.41) is 41.8. The second-order valence-electron chi connectivity index (χ2n) is 16.5. The zero-order valence-electron chi connectivity index (χ0n) is 44.8. The van der Waals surface area contributed by atoms with Crippen LogP contribution in [0.25, 0.3) is 27.5 Å². The molecule has 0 spiro atoms. The lowest BCUT2D eigenvalue weighted by Gasteiger charge is -2.52. The number of likely N-dealkylation sites (tertiary alicyclic amines) is 1. The van der Waals surface area contributed by atoms with Gasteiger partial charge < -0.3 is 19.1 Å². The Bertz CT molecular complexity index is 2550. The molecule has 14 heteroatoms. The van der Waals surface area contributed by atoms with E-state index in [1.807, 2.05) is 111 Å². The van der Waals surface area contributed by atoms with Gasteiger partial charge in [0.1, 0.15) is 5.72 Å². The lowest BCUT2D eigenvalue weighted by Crippen LogP contribution is -2.50. The van der Waals surface area contributed by atoms with E-state index in [0.717, 1.165) is 61.7 Å². The molecule has 0 radical (unpaired) electrons. The Morgan fingerprint density at radius 1 is 0.771 bits per heavy atom. The first-order valence-corrected chi connectivity index (χ1v) is 25.5. The Kier molecular flexibility index (Phi) is 26.5. The van der Waals surface area contributed by atoms with Crippen molar-refractivity contribution in [3.63, 3.8) is 0 Å². The molecule has 70 heavy (non-hydrogen) atoms. The van der Waals surface area contributed by atoms with Gasteiger partial charge in [0.25, 0.3) is 0 Å². The molecule has 1 N–H and O–H groups in total. The van der Waals surface area contributed by atoms with E-state index in [2.05, 4.69) is 107 Å². The molecule has 5 unspecified atom stereocenters. The molecule has 4 aliphatic heterocycles. The summed E-state index contributed by atoms with van der Waals surface area (Å²) in [5.41, 5.74) is 7.49. The van der Waals surface area contributed by atoms with Gasteiger partial charge in [-0.25, -0.2) is 0 Å². The molecule has 5 aromatic rings. The summed E-state index contributed by atoms with van der Waals surface area (Å²) >= 11 is 0. The number of allylic oxidation sites excluding steroid dienone is 2. The van der Waals surface area contributed by atoms with Gasteiger partial charge in [-0.2, -0.15) is 29.7 Å². The van der Waals surface area contributed by atoms with Gasteiger partial charge in [-0.05, 0) is 75.6 Å². The van der Waals surface area contributed by atoms with Crippen LogP contribution in [0, 0.1) is 33.7 Å². The van der Waals surface area contributed by atoms with Gasteiger partial charge in [-0.15, -0.1) is 5.10 Å². The Hall–Kier alpha value is -6.56. The maximum absolute atomic E-state index is 11.6. The molecular weight excluding hydrogens is 879 g/mol. The zero-order valence-corrected chi connectivity index (χ0v) is 44.8. The van der Waals surface area contributed by atoms with E-state index in [0.29, 0.717) is 13.0 Å². The Balaban J connectivity index is 0.000000546. The van der Waals surface area contributed by atoms with Crippen LogP contribution in [-0.2, 0) is 44.3 Å². The first-order valence-electron chi connectivity index (χ1n) is 25.5. The number of benzene rings is 2. The van der Waals surface area contributed by atoms with Crippen molar-refractivity contribution in [3.05, 3.63) is 102 Å². The lowest BCUT2D eigenvalue weighted by atomic mass is 9.67. The molecule has 5 atom stereocenters. The average molecular weight is 960 g/mol. The normalized spacial score (nSPS) is 21.4. The van der Waals surface area contributed by atoms with E-state index in [-0.39, 0.29) is 35.2 Å². The predicted octanol–water partition coefficient (Wildman–Crippen LogP) is 12.7. The van der Waals surface area contributed by atoms with Crippen molar-refractivity contribution in [2.45, 2.75) is 180 Å². The van der Waals surface area contributed by atoms with E-state index < -0.39 is 5.72 Å². The van der Waals surface area contributed by atoms with Crippen molar-refractivity contribution in [1.82, 2.24) is 33.9 Å². The fraction of sp³-hybridized carbons (Fsp3) is 0.536. The number of rotatable bonds is 6. The summed E-state index contributed by atoms with van der Waals surface area (Å²) in [6.45, 7) is 32.4. The smallest absolute Gasteiger partial charge is 0.371 e. The Morgan fingerprint density at radius 2 is 1.33 bits per heavy atom. The standard InChI is InChI=1S/C22H24N6O.C22H27N3.5C2H6.2CO2/c1-21-9-5-11-26(15-23)20(21)19-17(8-12-27-13-10-24-25-27)16-6-3-4-7-18(16)28(19)22(2,29)14-21;1-4-9-18-17-10-6-7-11-19(17)25-16(3)14-22(5-2)12-8-13-24(15-23)21(22)20(18)25;5*1-2;2*2-1-3/h3-7,10-11,13,20,29H,8-9,12,14H2,1-2H3;6-7,10-11,14,21H,4-5,8-9,12-13H2,1-3H3;5*1-2H3;;. The topological polar surface area (TPSA) is 183 Å². The molecule has 2 aromatic carbocycles. The number of nitriles is 2. The Labute approximate surface area is 418 Å². The van der Waals surface area contributed by atoms with Crippen LogP contribution in [0.1, 0.15) is 177 Å². The van der Waals surface area contributed by atoms with Crippen LogP contribution < -0.4 is 0 Å². The van der Waals surface area contributed by atoms with Crippen molar-refractivity contribution in [2.24, 2.45) is 10.8 Å². The second kappa shape index (κ2) is 30.1. The predicted molar refractivity (Wildman–Crippen MR) is 278 cm³/mol. The maximum atomic E-state index is 11.6. The highest BCUT2D eigenvalue weighted by atomic mass is 16.3. The summed E-state index contributed by atoms with van der Waals surface area (Å²) in [6.07, 6.45) is 23.0. The van der Waals surface area contributed by atoms with E-state index in [9.17, 15) is 15.6 Å². The molecule has 0 amide bonds. The number of fused-ring (bicyclic) bond motifs is 10. The van der Waals surface area contributed by atoms with Crippen molar-refractivity contribution < 1.29 is 24.3 Å². The van der Waals surface area contributed by atoms with Crippen LogP contribution in [0.3, 0.4) is 0 Å². The third-order valence-electron chi connectivity index (χ3n) is 12.8. The number of carbonyl (C=O) groups excluding carboxylic acids is 4. The quantitative estimate of drug-likeness (QED) is 0.160. The molecule has 0 aliphatic carbocycles. The highest BCUT2D eigenvalue weighted by molar-refractivity contribution is 5.90. The summed E-state index contributed by atoms with van der Waals surface area (Å²) in [5.74, 6) is 0. The first-order chi connectivity index (χ1) is 33.9. The van der Waals surface area contributed by atoms with Crippen LogP contribution in [-0.4, -0.2) is 57.9 Å². The lowest BCUT2D eigenvalue weighted by molar-refractivity contribution is -0.193. The van der Waals surface area contributed by atoms with Crippen molar-refractivity contribution in [3.8, 4) is 12.4 Å². The molecule has 1 fully saturated rings. The summed E-state index contributed by atoms with van der Waals surface area (Å²) in [6, 6.07) is 17.0. The monoisotopic (exact) mass is 960 g/mol. The number of hydrogen-bond donors (Lipinski definition) is 1. The zero-order chi connectivity index (χ0) is 53.2. The number of hydrogen-bond acceptors (Lipinski definition) is 11. The number of aryl methyl sites for hydroxylation is 3. The molecule has 0 bridgehead atoms. The number of aliphatic hydroxyl groups is 1. The SMILES string of the molecule is CC.CC.CC.CC.CC.CC12CC=CN(C#N)C1c1c(CCn3ccnn3)c3ccccc3n1C(C)(O)C2.CCCc1c2n(c3ccccc13)C(C)=CC1(CC)CCCN(C#N)C21.O=C=O.O=C=O. The Morgan fingerprint density at radius 3 is 1.86 bits per heavy atom. The third kappa shape index (κ3) is 12.8. The van der Waals surface area contributed by atoms with E-state index in [1.165, 1.54) is 39.8 Å². The van der Waals surface area contributed by atoms with Crippen molar-refractivity contribution in [1.29, 1.82) is 10.5 Å². The number of nitrogens with zero attached hydrogens (tertiary/aromatic N) is 9. The minimum absolute atomic E-state index is 0.0882. The molecule has 1 saturated heterocycles. The molecule has 14 nitrogen and oxygen atoms in total. The minimum atomic E-state index is -1.03. The van der Waals surface area contributed by atoms with Gasteiger partial charge >= 0.3 is 12.3 Å². The van der Waals surface area contributed by atoms with E-state index in [1.54, 1.807) is 11.1 Å². The van der Waals surface area contributed by atoms with Crippen molar-refractivity contribution >= 4 is 39.8 Å². The molecular formula is C56H81N9O5. The van der Waals surface area contributed by atoms with Crippen LogP contribution in [0.15, 0.2) is 79.3 Å². The maximum Gasteiger partial charge on any atom is 0.373 e. The summed E-state index contributed by atoms with van der Waals surface area (Å²) in [4.78, 5) is 36.3. The number of aromatic nitrogens is 5. The van der Waals surface area contributed by atoms with Gasteiger partial charge in [-0.1, -0.05) is 150 Å². The molecule has 3 aromatic heterocycles. The van der Waals surface area contributed by atoms with E-state index in [4.69, 9.17) is 19.2 Å². The van der Waals surface area contributed by atoms with Gasteiger partial charge in [-0.3, -0.25) is 9.58 Å². The van der Waals surface area contributed by atoms with Gasteiger partial charge in [0.05, 0.1) is 35.0 Å². The van der Waals surface area contributed by atoms with Crippen LogP contribution in [0.4, 0.5) is 0 Å². The molecule has 0 saturated carbocycles.